The van der Waals surface area contributed by atoms with Crippen LogP contribution < -0.4 is 16.0 Å². The average molecular weight is 443 g/mol. The number of aromatic amines is 2. The van der Waals surface area contributed by atoms with Crippen molar-refractivity contribution in [1.82, 2.24) is 15.3 Å². The van der Waals surface area contributed by atoms with Crippen molar-refractivity contribution in [3.8, 4) is 0 Å². The summed E-state index contributed by atoms with van der Waals surface area (Å²) in [5.74, 6) is -0.203. The van der Waals surface area contributed by atoms with E-state index in [0.29, 0.717) is 11.3 Å². The lowest BCUT2D eigenvalue weighted by Crippen LogP contribution is -2.15. The standard InChI is InChI=1S/C27H30N4O2/c1-12-14(3)22(10-24-16(5)18(7)26(32)30-24)28-20(12)9-21-13(2)15(4)23(29-21)11-25-17(6)19(8)27(33)31-25/h9-11,28-29H,1-8H3,(H,30,32)/b21-9+,23-11+,24-10+. The molecular weight excluding hydrogens is 412 g/mol. The highest BCUT2D eigenvalue weighted by Crippen LogP contribution is 2.25. The first-order valence-corrected chi connectivity index (χ1v) is 11.1. The number of nitrogens with one attached hydrogen (secondary N) is 3. The molecule has 2 aromatic rings. The predicted octanol–water partition coefficient (Wildman–Crippen LogP) is 3.31. The topological polar surface area (TPSA) is 90.1 Å². The number of aliphatic imine (C=N–C) groups is 1. The molecule has 0 spiro atoms. The molecule has 0 saturated carbocycles. The van der Waals surface area contributed by atoms with Gasteiger partial charge in [0.1, 0.15) is 0 Å². The first-order chi connectivity index (χ1) is 15.5. The number of carbonyl (C=O) groups is 2. The normalized spacial score (nSPS) is 19.0. The Bertz CT molecular complexity index is 1480. The number of carbonyl (C=O) groups excluding carboxylic acids is 2. The average Bonchev–Trinajstić information content (AvgIpc) is 3.38. The predicted molar refractivity (Wildman–Crippen MR) is 133 cm³/mol. The molecule has 2 aliphatic heterocycles. The Hall–Kier alpha value is -3.67. The molecule has 0 fully saturated rings. The largest absolute Gasteiger partial charge is 0.355 e. The molecule has 170 valence electrons. The van der Waals surface area contributed by atoms with Crippen molar-refractivity contribution in [2.24, 2.45) is 4.99 Å². The summed E-state index contributed by atoms with van der Waals surface area (Å²) in [4.78, 5) is 35.1. The van der Waals surface area contributed by atoms with Gasteiger partial charge in [-0.05, 0) is 107 Å². The minimum atomic E-state index is -0.163. The van der Waals surface area contributed by atoms with Crippen molar-refractivity contribution in [3.05, 3.63) is 72.3 Å². The zero-order valence-electron chi connectivity index (χ0n) is 20.5. The van der Waals surface area contributed by atoms with E-state index in [1.807, 2.05) is 39.8 Å². The highest BCUT2D eigenvalue weighted by Gasteiger charge is 2.21. The quantitative estimate of drug-likeness (QED) is 0.681. The summed E-state index contributed by atoms with van der Waals surface area (Å²) in [7, 11) is 0. The molecule has 33 heavy (non-hydrogen) atoms. The van der Waals surface area contributed by atoms with Gasteiger partial charge in [0.15, 0.2) is 0 Å². The van der Waals surface area contributed by atoms with Gasteiger partial charge < -0.3 is 15.3 Å². The van der Waals surface area contributed by atoms with E-state index < -0.39 is 0 Å². The van der Waals surface area contributed by atoms with Gasteiger partial charge in [-0.15, -0.1) is 0 Å². The summed E-state index contributed by atoms with van der Waals surface area (Å²) >= 11 is 0. The van der Waals surface area contributed by atoms with Crippen LogP contribution in [0.1, 0.15) is 61.3 Å². The molecule has 2 aliphatic rings. The monoisotopic (exact) mass is 442 g/mol. The number of amides is 2. The molecule has 0 bridgehead atoms. The lowest BCUT2D eigenvalue weighted by Gasteiger charge is -2.00. The third kappa shape index (κ3) is 3.75. The van der Waals surface area contributed by atoms with Crippen molar-refractivity contribution < 1.29 is 9.59 Å². The van der Waals surface area contributed by atoms with Gasteiger partial charge >= 0.3 is 0 Å². The van der Waals surface area contributed by atoms with E-state index in [4.69, 9.17) is 0 Å². The van der Waals surface area contributed by atoms with E-state index in [2.05, 4.69) is 54.0 Å². The summed E-state index contributed by atoms with van der Waals surface area (Å²) in [5, 5.41) is 4.90. The third-order valence-electron chi connectivity index (χ3n) is 7.18. The maximum absolute atomic E-state index is 12.0. The maximum atomic E-state index is 12.0. The zero-order chi connectivity index (χ0) is 24.2. The molecule has 0 aliphatic carbocycles. The highest BCUT2D eigenvalue weighted by molar-refractivity contribution is 6.30. The Balaban J connectivity index is 1.78. The molecule has 2 aromatic heterocycles. The van der Waals surface area contributed by atoms with Crippen molar-refractivity contribution in [2.75, 3.05) is 0 Å². The Morgan fingerprint density at radius 2 is 1.18 bits per heavy atom. The molecule has 6 heteroatoms. The number of aromatic nitrogens is 2. The summed E-state index contributed by atoms with van der Waals surface area (Å²) < 4.78 is 0. The Morgan fingerprint density at radius 3 is 1.70 bits per heavy atom. The summed E-state index contributed by atoms with van der Waals surface area (Å²) in [6.07, 6.45) is 6.06. The minimum Gasteiger partial charge on any atom is -0.355 e. The number of rotatable bonds is 3. The Morgan fingerprint density at radius 1 is 0.606 bits per heavy atom. The van der Waals surface area contributed by atoms with Crippen LogP contribution in [0, 0.1) is 27.7 Å². The molecule has 0 radical (unpaired) electrons. The number of H-pyrrole nitrogens is 2. The van der Waals surface area contributed by atoms with Gasteiger partial charge in [-0.3, -0.25) is 9.59 Å². The fourth-order valence-corrected chi connectivity index (χ4v) is 4.07. The first kappa shape index (κ1) is 22.5. The minimum absolute atomic E-state index is 0.0402. The van der Waals surface area contributed by atoms with Gasteiger partial charge in [-0.2, -0.15) is 0 Å². The second kappa shape index (κ2) is 8.03. The van der Waals surface area contributed by atoms with Crippen LogP contribution in [0.5, 0.6) is 0 Å². The van der Waals surface area contributed by atoms with E-state index >= 15 is 0 Å². The van der Waals surface area contributed by atoms with E-state index in [-0.39, 0.29) is 11.8 Å². The smallest absolute Gasteiger partial charge is 0.273 e. The van der Waals surface area contributed by atoms with Crippen LogP contribution in [-0.4, -0.2) is 27.5 Å². The van der Waals surface area contributed by atoms with Gasteiger partial charge in [0.25, 0.3) is 11.8 Å². The van der Waals surface area contributed by atoms with Crippen LogP contribution in [0.2, 0.25) is 0 Å². The van der Waals surface area contributed by atoms with Gasteiger partial charge in [-0.25, -0.2) is 4.99 Å². The summed E-state index contributed by atoms with van der Waals surface area (Å²) in [5.41, 5.74) is 11.5. The lowest BCUT2D eigenvalue weighted by atomic mass is 10.1. The van der Waals surface area contributed by atoms with E-state index in [1.165, 1.54) is 0 Å². The van der Waals surface area contributed by atoms with Crippen LogP contribution in [0.4, 0.5) is 0 Å². The molecule has 2 amide bonds. The van der Waals surface area contributed by atoms with Crippen molar-refractivity contribution >= 4 is 35.8 Å². The maximum Gasteiger partial charge on any atom is 0.273 e. The SMILES string of the molecule is CC1=C(C)C(/C=c2/[nH]/c(=C/c3[nH]c(/C=C4/NC(=O)C(C)=C4C)c(C)c3C)c(C)c2C)=NC1=O. The zero-order valence-corrected chi connectivity index (χ0v) is 20.5. The molecular formula is C27H30N4O2. The summed E-state index contributed by atoms with van der Waals surface area (Å²) in [6, 6.07) is 0. The van der Waals surface area contributed by atoms with Gasteiger partial charge in [-0.1, -0.05) is 0 Å². The fraction of sp³-hybridized carbons (Fsp3) is 0.296. The lowest BCUT2D eigenvalue weighted by molar-refractivity contribution is -0.116. The van der Waals surface area contributed by atoms with Crippen molar-refractivity contribution in [2.45, 2.75) is 55.4 Å². The molecule has 0 atom stereocenters. The molecule has 4 heterocycles. The van der Waals surface area contributed by atoms with Crippen molar-refractivity contribution in [1.29, 1.82) is 0 Å². The highest BCUT2D eigenvalue weighted by atomic mass is 16.2. The van der Waals surface area contributed by atoms with Crippen LogP contribution in [-0.2, 0) is 9.59 Å². The molecule has 6 nitrogen and oxygen atoms in total. The van der Waals surface area contributed by atoms with Crippen LogP contribution in [0.3, 0.4) is 0 Å². The van der Waals surface area contributed by atoms with Gasteiger partial charge in [0.05, 0.1) is 5.71 Å². The Labute approximate surface area is 193 Å². The number of hydrogen-bond donors (Lipinski definition) is 3. The number of hydrogen-bond acceptors (Lipinski definition) is 2. The molecule has 4 rings (SSSR count). The van der Waals surface area contributed by atoms with E-state index in [0.717, 1.165) is 66.8 Å². The van der Waals surface area contributed by atoms with E-state index in [1.54, 1.807) is 0 Å². The molecule has 0 unspecified atom stereocenters. The molecule has 3 N–H and O–H groups in total. The van der Waals surface area contributed by atoms with Crippen LogP contribution in [0.15, 0.2) is 33.0 Å². The molecule has 0 aromatic carbocycles. The van der Waals surface area contributed by atoms with E-state index in [9.17, 15) is 9.59 Å². The van der Waals surface area contributed by atoms with Gasteiger partial charge in [0, 0.05) is 38.9 Å². The second-order valence-electron chi connectivity index (χ2n) is 9.01. The Kier molecular flexibility index (Phi) is 5.48. The van der Waals surface area contributed by atoms with Gasteiger partial charge in [0.2, 0.25) is 0 Å². The van der Waals surface area contributed by atoms with Crippen LogP contribution in [0.25, 0.3) is 18.2 Å². The number of nitrogens with zero attached hydrogens (tertiary/aromatic N) is 1. The second-order valence-corrected chi connectivity index (χ2v) is 9.01. The first-order valence-electron chi connectivity index (χ1n) is 11.1. The third-order valence-corrected chi connectivity index (χ3v) is 7.18. The molecule has 0 saturated heterocycles. The van der Waals surface area contributed by atoms with Crippen molar-refractivity contribution in [3.63, 3.8) is 0 Å². The fourth-order valence-electron chi connectivity index (χ4n) is 4.07. The van der Waals surface area contributed by atoms with Crippen LogP contribution >= 0.6 is 0 Å². The summed E-state index contributed by atoms with van der Waals surface area (Å²) in [6.45, 7) is 15.9. The number of allylic oxidation sites excluding steroid dienone is 2.